The molecule has 2 atom stereocenters. The molecule has 0 saturated carbocycles. The first kappa shape index (κ1) is 23.7. The lowest BCUT2D eigenvalue weighted by Gasteiger charge is -2.30. The van der Waals surface area contributed by atoms with Crippen molar-refractivity contribution in [3.8, 4) is 5.75 Å². The van der Waals surface area contributed by atoms with Crippen LogP contribution in [-0.2, 0) is 32.6 Å². The summed E-state index contributed by atoms with van der Waals surface area (Å²) in [5.41, 5.74) is 1.41. The van der Waals surface area contributed by atoms with Crippen LogP contribution in [-0.4, -0.2) is 58.7 Å². The monoisotopic (exact) mass is 483 g/mol. The Morgan fingerprint density at radius 3 is 2.56 bits per heavy atom. The van der Waals surface area contributed by atoms with Gasteiger partial charge in [0.05, 0.1) is 12.0 Å². The number of carbonyl (C=O) groups is 3. The number of rotatable bonds is 8. The second-order valence-electron chi connectivity index (χ2n) is 9.55. The van der Waals surface area contributed by atoms with E-state index in [2.05, 4.69) is 4.98 Å². The zero-order valence-corrected chi connectivity index (χ0v) is 20.3. The maximum atomic E-state index is 13.8. The zero-order valence-electron chi connectivity index (χ0n) is 20.3. The number of para-hydroxylation sites is 1. The van der Waals surface area contributed by atoms with Crippen LogP contribution >= 0.6 is 0 Å². The van der Waals surface area contributed by atoms with Gasteiger partial charge in [-0.3, -0.25) is 24.3 Å². The molecule has 3 heterocycles. The van der Waals surface area contributed by atoms with Crippen molar-refractivity contribution in [2.75, 3.05) is 20.1 Å². The van der Waals surface area contributed by atoms with E-state index in [1.807, 2.05) is 72.8 Å². The minimum atomic E-state index is -1.21. The summed E-state index contributed by atoms with van der Waals surface area (Å²) in [6.45, 7) is 0.644. The third-order valence-electron chi connectivity index (χ3n) is 7.12. The Kier molecular flexibility index (Phi) is 6.55. The second-order valence-corrected chi connectivity index (χ2v) is 9.55. The third kappa shape index (κ3) is 4.61. The van der Waals surface area contributed by atoms with Gasteiger partial charge in [-0.25, -0.2) is 0 Å². The summed E-state index contributed by atoms with van der Waals surface area (Å²) >= 11 is 0. The van der Waals surface area contributed by atoms with Crippen LogP contribution in [0.1, 0.15) is 29.7 Å². The molecule has 2 aliphatic rings. The lowest BCUT2D eigenvalue weighted by atomic mass is 9.75. The number of carbonyl (C=O) groups excluding carboxylic acids is 3. The highest BCUT2D eigenvalue weighted by Gasteiger charge is 2.53. The van der Waals surface area contributed by atoms with Gasteiger partial charge >= 0.3 is 0 Å². The molecular formula is C29H29N3O4. The van der Waals surface area contributed by atoms with Gasteiger partial charge in [0.15, 0.2) is 0 Å². The lowest BCUT2D eigenvalue weighted by Crippen LogP contribution is -2.44. The van der Waals surface area contributed by atoms with Crippen LogP contribution in [0.3, 0.4) is 0 Å². The van der Waals surface area contributed by atoms with Gasteiger partial charge < -0.3 is 9.64 Å². The van der Waals surface area contributed by atoms with E-state index in [9.17, 15) is 14.4 Å². The Bertz CT molecular complexity index is 1240. The SMILES string of the molecule is CN(C[C@H]1Cc2ccccc2O1)C(=O)C[C@@]1(c2ccccc2)CC(=O)N(CCc2ccccn2)C1=O. The van der Waals surface area contributed by atoms with Gasteiger partial charge in [-0.15, -0.1) is 0 Å². The molecule has 2 aromatic carbocycles. The topological polar surface area (TPSA) is 79.8 Å². The summed E-state index contributed by atoms with van der Waals surface area (Å²) in [6.07, 6.45) is 2.66. The average molecular weight is 484 g/mol. The number of likely N-dealkylation sites (tertiary alicyclic amines) is 1. The lowest BCUT2D eigenvalue weighted by molar-refractivity contribution is -0.142. The summed E-state index contributed by atoms with van der Waals surface area (Å²) in [4.78, 5) is 47.6. The third-order valence-corrected chi connectivity index (χ3v) is 7.12. The van der Waals surface area contributed by atoms with E-state index in [1.54, 1.807) is 18.1 Å². The first-order chi connectivity index (χ1) is 17.5. The Morgan fingerprint density at radius 1 is 1.06 bits per heavy atom. The number of aromatic nitrogens is 1. The number of ether oxygens (including phenoxy) is 1. The summed E-state index contributed by atoms with van der Waals surface area (Å²) in [7, 11) is 1.73. The molecule has 3 aromatic rings. The van der Waals surface area contributed by atoms with Gasteiger partial charge in [0.2, 0.25) is 17.7 Å². The van der Waals surface area contributed by atoms with Gasteiger partial charge in [-0.05, 0) is 29.3 Å². The standard InChI is InChI=1S/C29H29N3O4/c1-31(20-24-17-21-9-5-6-13-25(21)36-24)26(33)18-29(22-10-3-2-4-11-22)19-27(34)32(28(29)35)16-14-23-12-7-8-15-30-23/h2-13,15,24H,14,16-20H2,1H3/t24-,29+/m1/s1. The van der Waals surface area contributed by atoms with Crippen molar-refractivity contribution in [1.29, 1.82) is 0 Å². The molecule has 0 unspecified atom stereocenters. The largest absolute Gasteiger partial charge is 0.488 e. The number of amides is 3. The van der Waals surface area contributed by atoms with E-state index >= 15 is 0 Å². The van der Waals surface area contributed by atoms with Gasteiger partial charge in [0, 0.05) is 51.2 Å². The fourth-order valence-corrected chi connectivity index (χ4v) is 5.18. The molecule has 0 N–H and O–H groups in total. The highest BCUT2D eigenvalue weighted by atomic mass is 16.5. The second kappa shape index (κ2) is 9.93. The van der Waals surface area contributed by atoms with Crippen LogP contribution in [0, 0.1) is 0 Å². The van der Waals surface area contributed by atoms with Crippen molar-refractivity contribution >= 4 is 17.7 Å². The summed E-state index contributed by atoms with van der Waals surface area (Å²) in [5.74, 6) is 0.0843. The van der Waals surface area contributed by atoms with Crippen molar-refractivity contribution in [3.05, 3.63) is 95.8 Å². The van der Waals surface area contributed by atoms with Crippen molar-refractivity contribution in [1.82, 2.24) is 14.8 Å². The number of likely N-dealkylation sites (N-methyl/N-ethyl adjacent to an activating group) is 1. The maximum absolute atomic E-state index is 13.8. The molecule has 2 aliphatic heterocycles. The smallest absolute Gasteiger partial charge is 0.240 e. The number of nitrogens with zero attached hydrogens (tertiary/aromatic N) is 3. The van der Waals surface area contributed by atoms with E-state index in [-0.39, 0.29) is 43.2 Å². The minimum Gasteiger partial charge on any atom is -0.488 e. The Morgan fingerprint density at radius 2 is 1.81 bits per heavy atom. The fraction of sp³-hybridized carbons (Fsp3) is 0.310. The van der Waals surface area contributed by atoms with Crippen molar-refractivity contribution < 1.29 is 19.1 Å². The molecule has 7 heteroatoms. The number of hydrogen-bond acceptors (Lipinski definition) is 5. The predicted molar refractivity (Wildman–Crippen MR) is 134 cm³/mol. The molecular weight excluding hydrogens is 454 g/mol. The van der Waals surface area contributed by atoms with E-state index in [0.29, 0.717) is 18.5 Å². The molecule has 1 aromatic heterocycles. The molecule has 36 heavy (non-hydrogen) atoms. The van der Waals surface area contributed by atoms with Gasteiger partial charge in [-0.1, -0.05) is 54.6 Å². The number of hydrogen-bond donors (Lipinski definition) is 0. The van der Waals surface area contributed by atoms with E-state index < -0.39 is 5.41 Å². The number of fused-ring (bicyclic) bond motifs is 1. The van der Waals surface area contributed by atoms with Crippen LogP contribution < -0.4 is 4.74 Å². The number of imide groups is 1. The predicted octanol–water partition coefficient (Wildman–Crippen LogP) is 3.17. The molecule has 0 aliphatic carbocycles. The van der Waals surface area contributed by atoms with Gasteiger partial charge in [0.25, 0.3) is 0 Å². The molecule has 5 rings (SSSR count). The van der Waals surface area contributed by atoms with Gasteiger partial charge in [0.1, 0.15) is 11.9 Å². The average Bonchev–Trinajstić information content (AvgIpc) is 3.41. The Balaban J connectivity index is 1.32. The van der Waals surface area contributed by atoms with Crippen molar-refractivity contribution in [3.63, 3.8) is 0 Å². The zero-order chi connectivity index (χ0) is 25.1. The maximum Gasteiger partial charge on any atom is 0.240 e. The molecule has 184 valence electrons. The molecule has 3 amide bonds. The summed E-state index contributed by atoms with van der Waals surface area (Å²) in [5, 5.41) is 0. The van der Waals surface area contributed by atoms with Crippen molar-refractivity contribution in [2.45, 2.75) is 37.2 Å². The van der Waals surface area contributed by atoms with Crippen LogP contribution in [0.4, 0.5) is 0 Å². The quantitative estimate of drug-likeness (QED) is 0.460. The fourth-order valence-electron chi connectivity index (χ4n) is 5.18. The normalized spacial score (nSPS) is 20.8. The Hall–Kier alpha value is -4.00. The van der Waals surface area contributed by atoms with Crippen LogP contribution in [0.2, 0.25) is 0 Å². The number of benzene rings is 2. The summed E-state index contributed by atoms with van der Waals surface area (Å²) in [6, 6.07) is 22.7. The van der Waals surface area contributed by atoms with Crippen LogP contribution in [0.5, 0.6) is 5.75 Å². The summed E-state index contributed by atoms with van der Waals surface area (Å²) < 4.78 is 6.01. The Labute approximate surface area is 210 Å². The molecule has 1 saturated heterocycles. The minimum absolute atomic E-state index is 0.0248. The number of pyridine rings is 1. The van der Waals surface area contributed by atoms with Gasteiger partial charge in [-0.2, -0.15) is 0 Å². The van der Waals surface area contributed by atoms with E-state index in [1.165, 1.54) is 4.90 Å². The first-order valence-corrected chi connectivity index (χ1v) is 12.2. The highest BCUT2D eigenvalue weighted by Crippen LogP contribution is 2.40. The van der Waals surface area contributed by atoms with Crippen LogP contribution in [0.25, 0.3) is 0 Å². The molecule has 0 spiro atoms. The van der Waals surface area contributed by atoms with Crippen molar-refractivity contribution in [2.24, 2.45) is 0 Å². The van der Waals surface area contributed by atoms with E-state index in [0.717, 1.165) is 23.4 Å². The van der Waals surface area contributed by atoms with E-state index in [4.69, 9.17) is 4.74 Å². The highest BCUT2D eigenvalue weighted by molar-refractivity contribution is 6.10. The molecule has 7 nitrogen and oxygen atoms in total. The molecule has 0 radical (unpaired) electrons. The van der Waals surface area contributed by atoms with Crippen LogP contribution in [0.15, 0.2) is 79.0 Å². The first-order valence-electron chi connectivity index (χ1n) is 12.2. The molecule has 1 fully saturated rings. The molecule has 0 bridgehead atoms.